The Bertz CT molecular complexity index is 758. The molecule has 0 bridgehead atoms. The highest BCUT2D eigenvalue weighted by Gasteiger charge is 2.44. The van der Waals surface area contributed by atoms with Crippen LogP contribution in [0.4, 0.5) is 0 Å². The number of nitrogens with one attached hydrogen (secondary N) is 1. The highest BCUT2D eigenvalue weighted by atomic mass is 16.5. The van der Waals surface area contributed by atoms with Crippen molar-refractivity contribution in [3.63, 3.8) is 0 Å². The second-order valence-corrected chi connectivity index (χ2v) is 6.48. The number of amides is 4. The van der Waals surface area contributed by atoms with Gasteiger partial charge in [-0.2, -0.15) is 0 Å². The van der Waals surface area contributed by atoms with E-state index in [4.69, 9.17) is 4.74 Å². The van der Waals surface area contributed by atoms with Gasteiger partial charge in [-0.1, -0.05) is 20.3 Å². The summed E-state index contributed by atoms with van der Waals surface area (Å²) in [4.78, 5) is 49.5. The van der Waals surface area contributed by atoms with E-state index >= 15 is 0 Å². The molecule has 1 fully saturated rings. The van der Waals surface area contributed by atoms with Gasteiger partial charge in [-0.15, -0.1) is 0 Å². The smallest absolute Gasteiger partial charge is 0.262 e. The molecule has 0 spiro atoms. The van der Waals surface area contributed by atoms with Crippen LogP contribution in [-0.4, -0.2) is 41.2 Å². The lowest BCUT2D eigenvalue weighted by Gasteiger charge is -2.27. The van der Waals surface area contributed by atoms with E-state index in [-0.39, 0.29) is 24.0 Å². The lowest BCUT2D eigenvalue weighted by atomic mass is 10.0. The SMILES string of the molecule is CC[C@H](C)COc1ccc2c(c1)C(=O)N(C1CCC(=O)NC1=O)C2=O. The zero-order chi connectivity index (χ0) is 18.1. The fraction of sp³-hybridized carbons (Fsp3) is 0.444. The summed E-state index contributed by atoms with van der Waals surface area (Å²) in [5.74, 6) is -1.14. The van der Waals surface area contributed by atoms with Crippen LogP contribution >= 0.6 is 0 Å². The summed E-state index contributed by atoms with van der Waals surface area (Å²) >= 11 is 0. The summed E-state index contributed by atoms with van der Waals surface area (Å²) in [6.07, 6.45) is 1.23. The number of benzene rings is 1. The fourth-order valence-corrected chi connectivity index (χ4v) is 2.90. The summed E-state index contributed by atoms with van der Waals surface area (Å²) in [5.41, 5.74) is 0.488. The third-order valence-corrected chi connectivity index (χ3v) is 4.64. The predicted octanol–water partition coefficient (Wildman–Crippen LogP) is 1.51. The van der Waals surface area contributed by atoms with Crippen molar-refractivity contribution in [1.29, 1.82) is 0 Å². The number of hydrogen-bond donors (Lipinski definition) is 1. The van der Waals surface area contributed by atoms with E-state index in [0.29, 0.717) is 18.3 Å². The largest absolute Gasteiger partial charge is 0.493 e. The van der Waals surface area contributed by atoms with Crippen molar-refractivity contribution in [2.75, 3.05) is 6.61 Å². The average Bonchev–Trinajstić information content (AvgIpc) is 2.84. The summed E-state index contributed by atoms with van der Waals surface area (Å²) < 4.78 is 5.68. The Morgan fingerprint density at radius 3 is 2.60 bits per heavy atom. The maximum absolute atomic E-state index is 12.7. The molecular formula is C18H20N2O5. The monoisotopic (exact) mass is 344 g/mol. The van der Waals surface area contributed by atoms with Crippen LogP contribution in [-0.2, 0) is 9.59 Å². The van der Waals surface area contributed by atoms with Crippen LogP contribution in [0.2, 0.25) is 0 Å². The fourth-order valence-electron chi connectivity index (χ4n) is 2.90. The molecule has 2 aliphatic rings. The molecule has 1 aromatic rings. The molecule has 0 saturated carbocycles. The number of rotatable bonds is 5. The molecule has 25 heavy (non-hydrogen) atoms. The lowest BCUT2D eigenvalue weighted by Crippen LogP contribution is -2.54. The quantitative estimate of drug-likeness (QED) is 0.818. The Kier molecular flexibility index (Phi) is 4.57. The Balaban J connectivity index is 1.82. The number of fused-ring (bicyclic) bond motifs is 1. The van der Waals surface area contributed by atoms with Gasteiger partial charge < -0.3 is 4.74 Å². The van der Waals surface area contributed by atoms with Gasteiger partial charge in [0.1, 0.15) is 11.8 Å². The Hall–Kier alpha value is -2.70. The summed E-state index contributed by atoms with van der Waals surface area (Å²) in [5, 5.41) is 2.18. The predicted molar refractivity (Wildman–Crippen MR) is 88.1 cm³/mol. The number of nitrogens with zero attached hydrogens (tertiary/aromatic N) is 1. The molecule has 7 nitrogen and oxygen atoms in total. The van der Waals surface area contributed by atoms with Crippen LogP contribution in [0.3, 0.4) is 0 Å². The third kappa shape index (κ3) is 3.14. The van der Waals surface area contributed by atoms with Crippen molar-refractivity contribution in [3.8, 4) is 5.75 Å². The standard InChI is InChI=1S/C18H20N2O5/c1-3-10(2)9-25-11-4-5-12-13(8-11)18(24)20(17(12)23)14-6-7-15(21)19-16(14)22/h4-5,8,10,14H,3,6-7,9H2,1-2H3,(H,19,21,22)/t10-,14?/m0/s1. The summed E-state index contributed by atoms with van der Waals surface area (Å²) in [6, 6.07) is 3.80. The van der Waals surface area contributed by atoms with E-state index in [1.54, 1.807) is 18.2 Å². The van der Waals surface area contributed by atoms with Crippen molar-refractivity contribution < 1.29 is 23.9 Å². The van der Waals surface area contributed by atoms with Crippen LogP contribution in [0.1, 0.15) is 53.8 Å². The van der Waals surface area contributed by atoms with Crippen LogP contribution in [0.25, 0.3) is 0 Å². The van der Waals surface area contributed by atoms with Gasteiger partial charge in [0.05, 0.1) is 17.7 Å². The summed E-state index contributed by atoms with van der Waals surface area (Å²) in [7, 11) is 0. The molecule has 0 aliphatic carbocycles. The molecule has 2 aliphatic heterocycles. The highest BCUT2D eigenvalue weighted by molar-refractivity contribution is 6.23. The second-order valence-electron chi connectivity index (χ2n) is 6.48. The maximum Gasteiger partial charge on any atom is 0.262 e. The molecule has 2 atom stereocenters. The van der Waals surface area contributed by atoms with Gasteiger partial charge in [0.15, 0.2) is 0 Å². The van der Waals surface area contributed by atoms with Crippen molar-refractivity contribution in [1.82, 2.24) is 10.2 Å². The van der Waals surface area contributed by atoms with Gasteiger partial charge in [-0.25, -0.2) is 0 Å². The molecule has 4 amide bonds. The second kappa shape index (κ2) is 6.66. The Morgan fingerprint density at radius 1 is 1.20 bits per heavy atom. The van der Waals surface area contributed by atoms with Crippen molar-refractivity contribution >= 4 is 23.6 Å². The van der Waals surface area contributed by atoms with Gasteiger partial charge in [-0.05, 0) is 30.5 Å². The van der Waals surface area contributed by atoms with E-state index in [1.165, 1.54) is 0 Å². The van der Waals surface area contributed by atoms with Crippen LogP contribution in [0, 0.1) is 5.92 Å². The van der Waals surface area contributed by atoms with Crippen molar-refractivity contribution in [2.24, 2.45) is 5.92 Å². The van der Waals surface area contributed by atoms with Gasteiger partial charge >= 0.3 is 0 Å². The molecule has 1 aromatic carbocycles. The molecule has 0 aromatic heterocycles. The van der Waals surface area contributed by atoms with Crippen molar-refractivity contribution in [3.05, 3.63) is 29.3 Å². The molecule has 1 N–H and O–H groups in total. The number of hydrogen-bond acceptors (Lipinski definition) is 5. The number of carbonyl (C=O) groups is 4. The zero-order valence-electron chi connectivity index (χ0n) is 14.2. The zero-order valence-corrected chi connectivity index (χ0v) is 14.2. The van der Waals surface area contributed by atoms with Gasteiger partial charge in [0, 0.05) is 6.42 Å². The summed E-state index contributed by atoms with van der Waals surface area (Å²) in [6.45, 7) is 4.65. The molecule has 7 heteroatoms. The molecule has 1 unspecified atom stereocenters. The lowest BCUT2D eigenvalue weighted by molar-refractivity contribution is -0.136. The van der Waals surface area contributed by atoms with Crippen molar-refractivity contribution in [2.45, 2.75) is 39.2 Å². The highest BCUT2D eigenvalue weighted by Crippen LogP contribution is 2.30. The molecule has 132 valence electrons. The Morgan fingerprint density at radius 2 is 1.92 bits per heavy atom. The van der Waals surface area contributed by atoms with E-state index in [0.717, 1.165) is 11.3 Å². The number of ether oxygens (including phenoxy) is 1. The first kappa shape index (κ1) is 17.1. The van der Waals surface area contributed by atoms with Gasteiger partial charge in [0.25, 0.3) is 11.8 Å². The van der Waals surface area contributed by atoms with E-state index in [2.05, 4.69) is 19.2 Å². The number of imide groups is 2. The normalized spacial score (nSPS) is 21.2. The minimum atomic E-state index is -0.949. The minimum Gasteiger partial charge on any atom is -0.493 e. The van der Waals surface area contributed by atoms with E-state index < -0.39 is 29.7 Å². The molecule has 2 heterocycles. The first-order valence-electron chi connectivity index (χ1n) is 8.40. The van der Waals surface area contributed by atoms with Crippen LogP contribution in [0.15, 0.2) is 18.2 Å². The molecule has 0 radical (unpaired) electrons. The third-order valence-electron chi connectivity index (χ3n) is 4.64. The minimum absolute atomic E-state index is 0.104. The molecular weight excluding hydrogens is 324 g/mol. The number of piperidine rings is 1. The first-order chi connectivity index (χ1) is 11.9. The van der Waals surface area contributed by atoms with Gasteiger partial charge in [0.2, 0.25) is 11.8 Å². The molecule has 3 rings (SSSR count). The first-order valence-corrected chi connectivity index (χ1v) is 8.40. The maximum atomic E-state index is 12.7. The van der Waals surface area contributed by atoms with Crippen LogP contribution in [0.5, 0.6) is 5.75 Å². The Labute approximate surface area is 145 Å². The van der Waals surface area contributed by atoms with E-state index in [9.17, 15) is 19.2 Å². The number of carbonyl (C=O) groups excluding carboxylic acids is 4. The average molecular weight is 344 g/mol. The van der Waals surface area contributed by atoms with E-state index in [1.807, 2.05) is 0 Å². The topological polar surface area (TPSA) is 92.8 Å². The van der Waals surface area contributed by atoms with Gasteiger partial charge in [-0.3, -0.25) is 29.4 Å². The van der Waals surface area contributed by atoms with Crippen LogP contribution < -0.4 is 10.1 Å². The molecule has 1 saturated heterocycles.